The van der Waals surface area contributed by atoms with E-state index in [9.17, 15) is 0 Å². The van der Waals surface area contributed by atoms with Gasteiger partial charge in [-0.05, 0) is 12.1 Å². The van der Waals surface area contributed by atoms with Gasteiger partial charge in [0, 0.05) is 30.2 Å². The van der Waals surface area contributed by atoms with Gasteiger partial charge in [-0.3, -0.25) is 4.98 Å². The summed E-state index contributed by atoms with van der Waals surface area (Å²) in [7, 11) is 1.95. The lowest BCUT2D eigenvalue weighted by Gasteiger charge is -2.04. The minimum Gasteiger partial charge on any atom is -0.340 e. The highest BCUT2D eigenvalue weighted by Gasteiger charge is 2.07. The fraction of sp³-hybridized carbons (Fsp3) is 0.0625. The zero-order chi connectivity index (χ0) is 13.5. The maximum atomic E-state index is 4.75. The fourth-order valence-corrected chi connectivity index (χ4v) is 2.41. The van der Waals surface area contributed by atoms with E-state index in [0.717, 1.165) is 33.2 Å². The third-order valence-electron chi connectivity index (χ3n) is 3.40. The van der Waals surface area contributed by atoms with Crippen molar-refractivity contribution < 1.29 is 0 Å². The van der Waals surface area contributed by atoms with Crippen molar-refractivity contribution in [1.82, 2.24) is 19.5 Å². The van der Waals surface area contributed by atoms with Crippen LogP contribution >= 0.6 is 0 Å². The van der Waals surface area contributed by atoms with Crippen molar-refractivity contribution in [3.05, 3.63) is 55.1 Å². The van der Waals surface area contributed by atoms with Gasteiger partial charge >= 0.3 is 0 Å². The third kappa shape index (κ3) is 1.66. The summed E-state index contributed by atoms with van der Waals surface area (Å²) in [6.45, 7) is 0. The minimum absolute atomic E-state index is 0.872. The summed E-state index contributed by atoms with van der Waals surface area (Å²) in [5.41, 5.74) is 3.60. The molecule has 0 atom stereocenters. The average Bonchev–Trinajstić information content (AvgIpc) is 2.93. The van der Waals surface area contributed by atoms with Crippen molar-refractivity contribution in [1.29, 1.82) is 0 Å². The Labute approximate surface area is 115 Å². The molecule has 4 nitrogen and oxygen atoms in total. The molecule has 0 saturated heterocycles. The normalized spacial score (nSPS) is 11.2. The van der Waals surface area contributed by atoms with E-state index in [-0.39, 0.29) is 0 Å². The van der Waals surface area contributed by atoms with Gasteiger partial charge in [0.1, 0.15) is 5.69 Å². The number of benzene rings is 1. The summed E-state index contributed by atoms with van der Waals surface area (Å²) in [4.78, 5) is 13.6. The van der Waals surface area contributed by atoms with E-state index in [0.29, 0.717) is 0 Å². The Hall–Kier alpha value is -2.75. The Morgan fingerprint density at radius 1 is 0.850 bits per heavy atom. The van der Waals surface area contributed by atoms with Gasteiger partial charge in [0.05, 0.1) is 23.1 Å². The zero-order valence-electron chi connectivity index (χ0n) is 11.0. The van der Waals surface area contributed by atoms with Crippen molar-refractivity contribution >= 4 is 21.8 Å². The number of aryl methyl sites for hydroxylation is 1. The Balaban J connectivity index is 2.04. The maximum Gasteiger partial charge on any atom is 0.107 e. The fourth-order valence-electron chi connectivity index (χ4n) is 2.41. The summed E-state index contributed by atoms with van der Waals surface area (Å²) in [6.07, 6.45) is 5.55. The number of imidazole rings is 1. The lowest BCUT2D eigenvalue weighted by molar-refractivity contribution is 0.913. The Bertz CT molecular complexity index is 924. The van der Waals surface area contributed by atoms with Crippen LogP contribution in [0.25, 0.3) is 33.2 Å². The zero-order valence-corrected chi connectivity index (χ0v) is 11.0. The molecule has 0 aliphatic carbocycles. The molecule has 0 saturated carbocycles. The van der Waals surface area contributed by atoms with Gasteiger partial charge in [-0.25, -0.2) is 9.97 Å². The number of pyridine rings is 2. The standard InChI is InChI=1S/C16H12N4/c1-20-9-14(18-10-20)13-7-6-12-5-4-11-3-2-8-17-15(11)16(12)19-13/h2-10H,1H3. The first-order chi connectivity index (χ1) is 9.81. The number of rotatable bonds is 1. The van der Waals surface area contributed by atoms with Gasteiger partial charge in [0.15, 0.2) is 0 Å². The quantitative estimate of drug-likeness (QED) is 0.494. The second-order valence-electron chi connectivity index (χ2n) is 4.83. The smallest absolute Gasteiger partial charge is 0.107 e. The summed E-state index contributed by atoms with van der Waals surface area (Å²) in [5.74, 6) is 0. The molecule has 4 rings (SSSR count). The van der Waals surface area contributed by atoms with Crippen LogP contribution in [0, 0.1) is 0 Å². The predicted octanol–water partition coefficient (Wildman–Crippen LogP) is 3.18. The van der Waals surface area contributed by atoms with E-state index < -0.39 is 0 Å². The molecule has 96 valence electrons. The first-order valence-corrected chi connectivity index (χ1v) is 6.44. The first kappa shape index (κ1) is 11.1. The summed E-state index contributed by atoms with van der Waals surface area (Å²) < 4.78 is 1.92. The van der Waals surface area contributed by atoms with Gasteiger partial charge in [0.2, 0.25) is 0 Å². The van der Waals surface area contributed by atoms with Crippen LogP contribution < -0.4 is 0 Å². The largest absolute Gasteiger partial charge is 0.340 e. The van der Waals surface area contributed by atoms with E-state index in [1.807, 2.05) is 29.9 Å². The van der Waals surface area contributed by atoms with Crippen LogP contribution in [0.3, 0.4) is 0 Å². The van der Waals surface area contributed by atoms with Crippen LogP contribution in [0.5, 0.6) is 0 Å². The molecule has 1 aromatic carbocycles. The molecule has 0 fully saturated rings. The Morgan fingerprint density at radius 2 is 1.65 bits per heavy atom. The molecule has 0 spiro atoms. The second kappa shape index (κ2) is 4.13. The number of aromatic nitrogens is 4. The maximum absolute atomic E-state index is 4.75. The molecule has 0 bridgehead atoms. The summed E-state index contributed by atoms with van der Waals surface area (Å²) >= 11 is 0. The van der Waals surface area contributed by atoms with E-state index in [1.54, 1.807) is 12.5 Å². The lowest BCUT2D eigenvalue weighted by Crippen LogP contribution is -1.88. The van der Waals surface area contributed by atoms with Crippen LogP contribution in [0.4, 0.5) is 0 Å². The molecule has 0 amide bonds. The highest BCUT2D eigenvalue weighted by molar-refractivity contribution is 6.03. The highest BCUT2D eigenvalue weighted by Crippen LogP contribution is 2.24. The monoisotopic (exact) mass is 260 g/mol. The molecule has 4 heteroatoms. The molecular formula is C16H12N4. The van der Waals surface area contributed by atoms with Crippen molar-refractivity contribution in [3.63, 3.8) is 0 Å². The minimum atomic E-state index is 0.872. The number of hydrogen-bond acceptors (Lipinski definition) is 3. The van der Waals surface area contributed by atoms with Crippen molar-refractivity contribution in [2.24, 2.45) is 7.05 Å². The molecular weight excluding hydrogens is 248 g/mol. The van der Waals surface area contributed by atoms with Gasteiger partial charge in [0.25, 0.3) is 0 Å². The second-order valence-corrected chi connectivity index (χ2v) is 4.83. The van der Waals surface area contributed by atoms with Gasteiger partial charge in [-0.15, -0.1) is 0 Å². The topological polar surface area (TPSA) is 43.6 Å². The predicted molar refractivity (Wildman–Crippen MR) is 79.2 cm³/mol. The third-order valence-corrected chi connectivity index (χ3v) is 3.40. The highest BCUT2D eigenvalue weighted by atomic mass is 15.0. The average molecular weight is 260 g/mol. The molecule has 0 N–H and O–H groups in total. The van der Waals surface area contributed by atoms with E-state index in [1.165, 1.54) is 0 Å². The molecule has 4 aromatic rings. The van der Waals surface area contributed by atoms with E-state index in [4.69, 9.17) is 4.98 Å². The number of hydrogen-bond donors (Lipinski definition) is 0. The van der Waals surface area contributed by atoms with Crippen LogP contribution in [-0.4, -0.2) is 19.5 Å². The van der Waals surface area contributed by atoms with Gasteiger partial charge in [-0.2, -0.15) is 0 Å². The Kier molecular flexibility index (Phi) is 2.29. The van der Waals surface area contributed by atoms with Gasteiger partial charge < -0.3 is 4.57 Å². The molecule has 0 radical (unpaired) electrons. The Morgan fingerprint density at radius 3 is 2.45 bits per heavy atom. The molecule has 3 heterocycles. The van der Waals surface area contributed by atoms with E-state index >= 15 is 0 Å². The van der Waals surface area contributed by atoms with Gasteiger partial charge in [-0.1, -0.05) is 24.3 Å². The van der Waals surface area contributed by atoms with Crippen LogP contribution in [0.15, 0.2) is 55.1 Å². The number of fused-ring (bicyclic) bond motifs is 3. The molecule has 0 aliphatic rings. The van der Waals surface area contributed by atoms with Crippen LogP contribution in [0.1, 0.15) is 0 Å². The van der Waals surface area contributed by atoms with Crippen molar-refractivity contribution in [2.45, 2.75) is 0 Å². The lowest BCUT2D eigenvalue weighted by atomic mass is 10.1. The summed E-state index contributed by atoms with van der Waals surface area (Å²) in [5, 5.41) is 2.20. The SMILES string of the molecule is Cn1cnc(-c2ccc3ccc4cccnc4c3n2)c1. The molecule has 20 heavy (non-hydrogen) atoms. The van der Waals surface area contributed by atoms with E-state index in [2.05, 4.69) is 34.2 Å². The molecule has 0 aliphatic heterocycles. The number of nitrogens with zero attached hydrogens (tertiary/aromatic N) is 4. The summed E-state index contributed by atoms with van der Waals surface area (Å²) in [6, 6.07) is 12.2. The van der Waals surface area contributed by atoms with Crippen LogP contribution in [-0.2, 0) is 7.05 Å². The van der Waals surface area contributed by atoms with Crippen LogP contribution in [0.2, 0.25) is 0 Å². The molecule has 3 aromatic heterocycles. The van der Waals surface area contributed by atoms with Crippen molar-refractivity contribution in [3.8, 4) is 11.4 Å². The first-order valence-electron chi connectivity index (χ1n) is 6.44. The van der Waals surface area contributed by atoms with Crippen molar-refractivity contribution in [2.75, 3.05) is 0 Å². The molecule has 0 unspecified atom stereocenters.